The predicted molar refractivity (Wildman–Crippen MR) is 506 cm³/mol. The van der Waals surface area contributed by atoms with E-state index in [-0.39, 0.29) is 22.1 Å². The first-order valence-corrected chi connectivity index (χ1v) is 43.2. The largest absolute Gasteiger partial charge is 0.207 e. The van der Waals surface area contributed by atoms with Crippen LogP contribution < -0.4 is 0 Å². The van der Waals surface area contributed by atoms with Crippen LogP contribution in [0.5, 0.6) is 0 Å². The molecule has 27 rings (SSSR count). The zero-order chi connectivity index (χ0) is 82.0. The standard InChI is InChI=1S/3C32H22.C26H17F/c1-21-9-8-10-22(19-21)23-17-18-31-27(20-23)26-13-4-7-16-30(26)32(31)28-14-5-2-11-24(28)25-12-3-6-15-29(25)32;1-21-14-16-22(17-15-21)23-18-19-31-27(20-23)26-10-4-7-13-30(26)32(31)28-11-5-2-8-24(28)25-9-3-6-12-29(25)32;1-21-10-2-3-11-23(21)22-18-19-31-27(20-22)26-14-6-9-17-30(26)32(31)28-15-7-4-12-24(28)25-13-5-8-16-29(25)32;1-16-10-12-20-21-13-11-17(27)15-25(21)26(24(20)14-16)22-8-4-2-6-18(22)19-7-3-5-9-23(19)26/h3*2-20H,1H3;2-15H,1H3. The maximum atomic E-state index is 14.5. The lowest BCUT2D eigenvalue weighted by atomic mass is 9.70. The van der Waals surface area contributed by atoms with Crippen molar-refractivity contribution in [1.29, 1.82) is 0 Å². The number of fused-ring (bicyclic) bond motifs is 40. The fraction of sp³-hybridized carbons (Fsp3) is 0.0656. The second-order valence-electron chi connectivity index (χ2n) is 34.6. The van der Waals surface area contributed by atoms with E-state index in [0.717, 1.165) is 11.1 Å². The first-order valence-electron chi connectivity index (χ1n) is 43.2. The van der Waals surface area contributed by atoms with E-state index in [4.69, 9.17) is 0 Å². The van der Waals surface area contributed by atoms with Gasteiger partial charge in [-0.05, 0) is 275 Å². The zero-order valence-electron chi connectivity index (χ0n) is 68.9. The Hall–Kier alpha value is -14.9. The van der Waals surface area contributed by atoms with Gasteiger partial charge in [0.1, 0.15) is 5.82 Å². The number of hydrogen-bond donors (Lipinski definition) is 0. The molecule has 0 aromatic heterocycles. The van der Waals surface area contributed by atoms with Crippen molar-refractivity contribution >= 4 is 0 Å². The van der Waals surface area contributed by atoms with Gasteiger partial charge in [-0.2, -0.15) is 0 Å². The number of aryl methyl sites for hydroxylation is 4. The molecule has 19 aromatic rings. The van der Waals surface area contributed by atoms with Gasteiger partial charge < -0.3 is 0 Å². The Bertz CT molecular complexity index is 7410. The lowest BCUT2D eigenvalue weighted by Gasteiger charge is -2.30. The Balaban J connectivity index is 0.0000000926. The van der Waals surface area contributed by atoms with Crippen LogP contribution in [0.1, 0.15) is 111 Å². The summed E-state index contributed by atoms with van der Waals surface area (Å²) in [6.07, 6.45) is 0. The SMILES string of the molecule is Cc1ccc(-c2ccc3c(c2)-c2ccccc2C32c3ccccc3-c3ccccc32)cc1.Cc1ccc2c(c1)C1(c3ccccc3-c3ccccc31)c1cc(F)ccc1-2.Cc1cccc(-c2ccc3c(c2)-c2ccccc2C32c3ccccc3-c3ccccc32)c1.Cc1ccccc1-c1ccc2c(c1)-c1ccccc1C21c2ccccc2-c2ccccc21. The van der Waals surface area contributed by atoms with Crippen molar-refractivity contribution in [1.82, 2.24) is 0 Å². The number of hydrogen-bond acceptors (Lipinski definition) is 0. The average molecular weight is 1570 g/mol. The first kappa shape index (κ1) is 72.2. The minimum Gasteiger partial charge on any atom is -0.207 e. The molecule has 0 nitrogen and oxygen atoms in total. The number of benzene rings is 19. The monoisotopic (exact) mass is 1570 g/mol. The van der Waals surface area contributed by atoms with Crippen LogP contribution in [0.3, 0.4) is 0 Å². The maximum absolute atomic E-state index is 14.5. The topological polar surface area (TPSA) is 0 Å². The summed E-state index contributed by atoms with van der Waals surface area (Å²) in [6, 6.07) is 157. The van der Waals surface area contributed by atoms with E-state index in [2.05, 4.69) is 440 Å². The molecule has 8 aliphatic carbocycles. The highest BCUT2D eigenvalue weighted by Crippen LogP contribution is 2.68. The Morgan fingerprint density at radius 3 is 0.724 bits per heavy atom. The molecule has 0 saturated heterocycles. The van der Waals surface area contributed by atoms with E-state index in [0.29, 0.717) is 0 Å². The van der Waals surface area contributed by atoms with Crippen molar-refractivity contribution in [2.24, 2.45) is 0 Å². The van der Waals surface area contributed by atoms with E-state index in [1.165, 1.54) is 223 Å². The number of halogens is 1. The molecule has 0 bridgehead atoms. The van der Waals surface area contributed by atoms with E-state index in [1.54, 1.807) is 12.1 Å². The Morgan fingerprint density at radius 2 is 0.374 bits per heavy atom. The summed E-state index contributed by atoms with van der Waals surface area (Å²) in [5.74, 6) is -0.181. The molecule has 0 aliphatic heterocycles. The molecule has 123 heavy (non-hydrogen) atoms. The van der Waals surface area contributed by atoms with Crippen molar-refractivity contribution < 1.29 is 4.39 Å². The highest BCUT2D eigenvalue weighted by Gasteiger charge is 2.56. The van der Waals surface area contributed by atoms with Crippen molar-refractivity contribution in [3.05, 3.63) is 548 Å². The molecule has 0 radical (unpaired) electrons. The minimum absolute atomic E-state index is 0.181. The van der Waals surface area contributed by atoms with Gasteiger partial charge in [-0.3, -0.25) is 0 Å². The first-order chi connectivity index (χ1) is 60.6. The molecule has 0 saturated carbocycles. The summed E-state index contributed by atoms with van der Waals surface area (Å²) in [4.78, 5) is 0. The molecule has 4 spiro atoms. The lowest BCUT2D eigenvalue weighted by molar-refractivity contribution is 0.622. The summed E-state index contributed by atoms with van der Waals surface area (Å²) in [7, 11) is 0. The Labute approximate surface area is 719 Å². The molecule has 0 heterocycles. The summed E-state index contributed by atoms with van der Waals surface area (Å²) < 4.78 is 14.5. The van der Waals surface area contributed by atoms with Gasteiger partial charge in [0.15, 0.2) is 0 Å². The van der Waals surface area contributed by atoms with Gasteiger partial charge >= 0.3 is 0 Å². The van der Waals surface area contributed by atoms with Crippen LogP contribution in [0.25, 0.3) is 122 Å². The fourth-order valence-corrected chi connectivity index (χ4v) is 23.5. The number of rotatable bonds is 3. The molecule has 0 unspecified atom stereocenters. The van der Waals surface area contributed by atoms with Crippen molar-refractivity contribution in [2.75, 3.05) is 0 Å². The van der Waals surface area contributed by atoms with Gasteiger partial charge in [0, 0.05) is 0 Å². The van der Waals surface area contributed by atoms with Crippen molar-refractivity contribution in [3.8, 4) is 122 Å². The third kappa shape index (κ3) is 10.1. The van der Waals surface area contributed by atoms with Crippen LogP contribution >= 0.6 is 0 Å². The molecule has 8 aliphatic rings. The van der Waals surface area contributed by atoms with Crippen LogP contribution in [-0.2, 0) is 21.7 Å². The van der Waals surface area contributed by atoms with Crippen LogP contribution in [-0.4, -0.2) is 0 Å². The molecule has 0 fully saturated rings. The zero-order valence-corrected chi connectivity index (χ0v) is 68.9. The van der Waals surface area contributed by atoms with Gasteiger partial charge in [0.05, 0.1) is 21.7 Å². The smallest absolute Gasteiger partial charge is 0.123 e. The molecule has 0 N–H and O–H groups in total. The quantitative estimate of drug-likeness (QED) is 0.165. The minimum atomic E-state index is -0.439. The van der Waals surface area contributed by atoms with E-state index in [9.17, 15) is 4.39 Å². The normalized spacial score (nSPS) is 14.2. The Morgan fingerprint density at radius 1 is 0.138 bits per heavy atom. The summed E-state index contributed by atoms with van der Waals surface area (Å²) >= 11 is 0. The second-order valence-corrected chi connectivity index (χ2v) is 34.6. The van der Waals surface area contributed by atoms with Gasteiger partial charge in [-0.1, -0.05) is 417 Å². The van der Waals surface area contributed by atoms with Crippen LogP contribution in [0.2, 0.25) is 0 Å². The molecule has 19 aromatic carbocycles. The third-order valence-corrected chi connectivity index (χ3v) is 28.4. The van der Waals surface area contributed by atoms with Gasteiger partial charge in [-0.25, -0.2) is 4.39 Å². The van der Waals surface area contributed by atoms with Crippen LogP contribution in [0, 0.1) is 33.5 Å². The van der Waals surface area contributed by atoms with Crippen molar-refractivity contribution in [3.63, 3.8) is 0 Å². The third-order valence-electron chi connectivity index (χ3n) is 28.4. The lowest BCUT2D eigenvalue weighted by Crippen LogP contribution is -2.26. The molecular weight excluding hydrogens is 1480 g/mol. The van der Waals surface area contributed by atoms with Gasteiger partial charge in [0.25, 0.3) is 0 Å². The summed E-state index contributed by atoms with van der Waals surface area (Å²) in [6.45, 7) is 8.63. The molecule has 0 amide bonds. The molecule has 578 valence electrons. The Kier molecular flexibility index (Phi) is 16.2. The van der Waals surface area contributed by atoms with E-state index < -0.39 is 5.41 Å². The summed E-state index contributed by atoms with van der Waals surface area (Å²) in [5, 5.41) is 0. The summed E-state index contributed by atoms with van der Waals surface area (Å²) in [5.41, 5.74) is 54.3. The predicted octanol–water partition coefficient (Wildman–Crippen LogP) is 30.5. The molecule has 0 atom stereocenters. The highest BCUT2D eigenvalue weighted by molar-refractivity contribution is 6.01. The van der Waals surface area contributed by atoms with E-state index >= 15 is 0 Å². The van der Waals surface area contributed by atoms with Gasteiger partial charge in [0.2, 0.25) is 0 Å². The molecule has 1 heteroatoms. The van der Waals surface area contributed by atoms with Crippen LogP contribution in [0.4, 0.5) is 4.39 Å². The van der Waals surface area contributed by atoms with Crippen LogP contribution in [0.15, 0.2) is 431 Å². The highest BCUT2D eigenvalue weighted by atomic mass is 19.1. The van der Waals surface area contributed by atoms with Crippen molar-refractivity contribution in [2.45, 2.75) is 49.4 Å². The fourth-order valence-electron chi connectivity index (χ4n) is 23.5. The second kappa shape index (κ2) is 27.6. The van der Waals surface area contributed by atoms with E-state index in [1.807, 2.05) is 6.07 Å². The maximum Gasteiger partial charge on any atom is 0.123 e. The average Bonchev–Trinajstić information content (AvgIpc) is 1.53. The molecular formula is C122H83F. The van der Waals surface area contributed by atoms with Gasteiger partial charge in [-0.15, -0.1) is 0 Å².